The van der Waals surface area contributed by atoms with Crippen LogP contribution in [-0.4, -0.2) is 10.5 Å². The lowest BCUT2D eigenvalue weighted by atomic mass is 9.78. The first-order chi connectivity index (χ1) is 10.1. The Hall–Kier alpha value is -1.64. The van der Waals surface area contributed by atoms with Gasteiger partial charge in [0.25, 0.3) is 0 Å². The van der Waals surface area contributed by atoms with E-state index < -0.39 is 15.9 Å². The number of halogens is 2. The topological polar surface area (TPSA) is 34.1 Å². The predicted molar refractivity (Wildman–Crippen MR) is 84.6 cm³/mol. The van der Waals surface area contributed by atoms with Crippen LogP contribution in [0.25, 0.3) is 0 Å². The second-order valence-electron chi connectivity index (χ2n) is 4.80. The quantitative estimate of drug-likeness (QED) is 0.593. The zero-order valence-corrected chi connectivity index (χ0v) is 12.8. The van der Waals surface area contributed by atoms with E-state index in [0.717, 1.165) is 5.56 Å². The molecular formula is C17H14Cl2O2. The molecule has 0 atom stereocenters. The Morgan fingerprint density at radius 2 is 1.29 bits per heavy atom. The minimum atomic E-state index is -1.50. The van der Waals surface area contributed by atoms with Crippen molar-refractivity contribution in [2.24, 2.45) is 0 Å². The van der Waals surface area contributed by atoms with Gasteiger partial charge in [0, 0.05) is 0 Å². The molecule has 0 radical (unpaired) electrons. The average molecular weight is 321 g/mol. The van der Waals surface area contributed by atoms with Crippen LogP contribution in [0.4, 0.5) is 0 Å². The first-order valence-corrected chi connectivity index (χ1v) is 7.32. The second-order valence-corrected chi connectivity index (χ2v) is 5.49. The molecule has 0 saturated heterocycles. The highest BCUT2D eigenvalue weighted by Crippen LogP contribution is 2.34. The van der Waals surface area contributed by atoms with E-state index in [4.69, 9.17) is 23.2 Å². The Morgan fingerprint density at radius 3 is 1.76 bits per heavy atom. The Labute approximate surface area is 133 Å². The van der Waals surface area contributed by atoms with Crippen LogP contribution in [0.15, 0.2) is 60.7 Å². The number of hydrogen-bond donors (Lipinski definition) is 0. The molecule has 0 saturated carbocycles. The van der Waals surface area contributed by atoms with Crippen LogP contribution < -0.4 is 0 Å². The van der Waals surface area contributed by atoms with Crippen LogP contribution in [0.3, 0.4) is 0 Å². The third kappa shape index (κ3) is 3.34. The maximum absolute atomic E-state index is 12.0. The summed E-state index contributed by atoms with van der Waals surface area (Å²) in [6.45, 7) is 0. The van der Waals surface area contributed by atoms with Gasteiger partial charge in [0.1, 0.15) is 5.41 Å². The maximum Gasteiger partial charge on any atom is 0.241 e. The summed E-state index contributed by atoms with van der Waals surface area (Å²) in [6, 6.07) is 18.3. The van der Waals surface area contributed by atoms with Gasteiger partial charge in [-0.05, 0) is 47.2 Å². The van der Waals surface area contributed by atoms with Gasteiger partial charge in [-0.3, -0.25) is 9.59 Å². The molecule has 2 aromatic rings. The molecule has 21 heavy (non-hydrogen) atoms. The van der Waals surface area contributed by atoms with Gasteiger partial charge in [-0.25, -0.2) is 0 Å². The Kier molecular flexibility index (Phi) is 5.16. The molecule has 0 heterocycles. The SMILES string of the molecule is O=C(Cl)C(CCc1ccccc1)(C(=O)Cl)c1ccccc1. The fourth-order valence-corrected chi connectivity index (χ4v) is 2.97. The smallest absolute Gasteiger partial charge is 0.241 e. The van der Waals surface area contributed by atoms with Crippen molar-refractivity contribution >= 4 is 33.7 Å². The molecule has 0 bridgehead atoms. The van der Waals surface area contributed by atoms with E-state index in [1.165, 1.54) is 0 Å². The summed E-state index contributed by atoms with van der Waals surface area (Å²) in [5.74, 6) is 0. The predicted octanol–water partition coefficient (Wildman–Crippen LogP) is 4.09. The van der Waals surface area contributed by atoms with E-state index in [9.17, 15) is 9.59 Å². The molecule has 2 nitrogen and oxygen atoms in total. The standard InChI is InChI=1S/C17H14Cl2O2/c18-15(20)17(16(19)21,14-9-5-2-6-10-14)12-11-13-7-3-1-4-8-13/h1-10H,11-12H2. The van der Waals surface area contributed by atoms with Gasteiger partial charge in [0.2, 0.25) is 10.5 Å². The summed E-state index contributed by atoms with van der Waals surface area (Å²) in [7, 11) is 0. The normalized spacial score (nSPS) is 11.1. The van der Waals surface area contributed by atoms with Crippen molar-refractivity contribution in [2.45, 2.75) is 18.3 Å². The van der Waals surface area contributed by atoms with Gasteiger partial charge >= 0.3 is 0 Å². The molecule has 0 unspecified atom stereocenters. The molecule has 2 rings (SSSR count). The lowest BCUT2D eigenvalue weighted by Crippen LogP contribution is -2.39. The Balaban J connectivity index is 2.37. The molecular weight excluding hydrogens is 307 g/mol. The molecule has 0 amide bonds. The van der Waals surface area contributed by atoms with Crippen LogP contribution in [0.2, 0.25) is 0 Å². The van der Waals surface area contributed by atoms with Gasteiger partial charge in [-0.1, -0.05) is 60.7 Å². The van der Waals surface area contributed by atoms with Gasteiger partial charge in [0.15, 0.2) is 0 Å². The lowest BCUT2D eigenvalue weighted by Gasteiger charge is -2.26. The fraction of sp³-hybridized carbons (Fsp3) is 0.176. The molecule has 0 aliphatic rings. The highest BCUT2D eigenvalue weighted by molar-refractivity contribution is 6.76. The van der Waals surface area contributed by atoms with Crippen LogP contribution in [0.1, 0.15) is 17.5 Å². The first-order valence-electron chi connectivity index (χ1n) is 6.56. The van der Waals surface area contributed by atoms with Gasteiger partial charge < -0.3 is 0 Å². The van der Waals surface area contributed by atoms with Crippen LogP contribution in [0.5, 0.6) is 0 Å². The first kappa shape index (κ1) is 15.7. The Morgan fingerprint density at radius 1 is 0.810 bits per heavy atom. The van der Waals surface area contributed by atoms with E-state index in [2.05, 4.69) is 0 Å². The van der Waals surface area contributed by atoms with Gasteiger partial charge in [-0.2, -0.15) is 0 Å². The van der Waals surface area contributed by atoms with E-state index in [0.29, 0.717) is 12.0 Å². The fourth-order valence-electron chi connectivity index (χ4n) is 2.34. The summed E-state index contributed by atoms with van der Waals surface area (Å²) in [6.07, 6.45) is 0.776. The van der Waals surface area contributed by atoms with E-state index in [-0.39, 0.29) is 6.42 Å². The van der Waals surface area contributed by atoms with E-state index in [1.807, 2.05) is 36.4 Å². The van der Waals surface area contributed by atoms with Crippen LogP contribution in [-0.2, 0) is 21.4 Å². The number of carbonyl (C=O) groups excluding carboxylic acids is 2. The molecule has 2 aromatic carbocycles. The molecule has 0 spiro atoms. The largest absolute Gasteiger partial charge is 0.280 e. The number of hydrogen-bond acceptors (Lipinski definition) is 2. The summed E-state index contributed by atoms with van der Waals surface area (Å²) < 4.78 is 0. The van der Waals surface area contributed by atoms with Gasteiger partial charge in [-0.15, -0.1) is 0 Å². The molecule has 0 aliphatic carbocycles. The molecule has 0 N–H and O–H groups in total. The van der Waals surface area contributed by atoms with Crippen molar-refractivity contribution in [3.63, 3.8) is 0 Å². The highest BCUT2D eigenvalue weighted by atomic mass is 35.5. The zero-order valence-electron chi connectivity index (χ0n) is 11.3. The third-order valence-electron chi connectivity index (χ3n) is 3.57. The number of benzene rings is 2. The van der Waals surface area contributed by atoms with E-state index >= 15 is 0 Å². The summed E-state index contributed by atoms with van der Waals surface area (Å²) >= 11 is 11.5. The molecule has 0 aromatic heterocycles. The molecule has 0 aliphatic heterocycles. The molecule has 0 fully saturated rings. The van der Waals surface area contributed by atoms with Crippen molar-refractivity contribution in [1.82, 2.24) is 0 Å². The Bertz CT molecular complexity index is 610. The lowest BCUT2D eigenvalue weighted by molar-refractivity contribution is -0.126. The third-order valence-corrected chi connectivity index (χ3v) is 4.21. The van der Waals surface area contributed by atoms with Crippen molar-refractivity contribution in [3.05, 3.63) is 71.8 Å². The number of carbonyl (C=O) groups is 2. The minimum absolute atomic E-state index is 0.242. The van der Waals surface area contributed by atoms with Crippen LogP contribution >= 0.6 is 23.2 Å². The number of rotatable bonds is 6. The summed E-state index contributed by atoms with van der Waals surface area (Å²) in [5.41, 5.74) is 0.0507. The second kappa shape index (κ2) is 6.88. The van der Waals surface area contributed by atoms with Crippen molar-refractivity contribution < 1.29 is 9.59 Å². The average Bonchev–Trinajstić information content (AvgIpc) is 2.49. The summed E-state index contributed by atoms with van der Waals surface area (Å²) in [5, 5.41) is -1.49. The highest BCUT2D eigenvalue weighted by Gasteiger charge is 2.45. The van der Waals surface area contributed by atoms with E-state index in [1.54, 1.807) is 24.3 Å². The van der Waals surface area contributed by atoms with Crippen molar-refractivity contribution in [1.29, 1.82) is 0 Å². The van der Waals surface area contributed by atoms with Crippen molar-refractivity contribution in [3.8, 4) is 0 Å². The molecule has 108 valence electrons. The van der Waals surface area contributed by atoms with Crippen molar-refractivity contribution in [2.75, 3.05) is 0 Å². The number of aryl methyl sites for hydroxylation is 1. The summed E-state index contributed by atoms with van der Waals surface area (Å²) in [4.78, 5) is 24.0. The maximum atomic E-state index is 12.0. The molecule has 4 heteroatoms. The monoisotopic (exact) mass is 320 g/mol. The zero-order chi connectivity index (χ0) is 15.3. The minimum Gasteiger partial charge on any atom is -0.280 e. The van der Waals surface area contributed by atoms with Crippen LogP contribution in [0, 0.1) is 0 Å². The van der Waals surface area contributed by atoms with Gasteiger partial charge in [0.05, 0.1) is 0 Å².